The van der Waals surface area contributed by atoms with E-state index in [4.69, 9.17) is 0 Å². The predicted molar refractivity (Wildman–Crippen MR) is 141 cm³/mol. The largest absolute Gasteiger partial charge is 0.347 e. The van der Waals surface area contributed by atoms with E-state index in [0.717, 1.165) is 6.42 Å². The molecule has 0 saturated heterocycles. The summed E-state index contributed by atoms with van der Waals surface area (Å²) in [6, 6.07) is 29.7. The maximum Gasteiger partial charge on any atom is 0.113 e. The molecule has 0 N–H and O–H groups in total. The van der Waals surface area contributed by atoms with Gasteiger partial charge in [0.1, 0.15) is 8.07 Å². The summed E-state index contributed by atoms with van der Waals surface area (Å²) in [5, 5.41) is 4.99. The lowest BCUT2D eigenvalue weighted by atomic mass is 9.88. The van der Waals surface area contributed by atoms with Crippen LogP contribution in [0.5, 0.6) is 0 Å². The molecule has 0 radical (unpaired) electrons. The number of benzene rings is 4. The lowest BCUT2D eigenvalue weighted by Crippen LogP contribution is -2.20. The van der Waals surface area contributed by atoms with E-state index < -0.39 is 8.07 Å². The van der Waals surface area contributed by atoms with Gasteiger partial charge in [-0.1, -0.05) is 91.1 Å². The molecule has 5 aromatic rings. The van der Waals surface area contributed by atoms with E-state index in [-0.39, 0.29) is 0 Å². The molecule has 0 amide bonds. The molecule has 0 atom stereocenters. The van der Waals surface area contributed by atoms with Gasteiger partial charge < -0.3 is 4.57 Å². The molecule has 1 aromatic heterocycles. The van der Waals surface area contributed by atoms with Crippen LogP contribution in [0.15, 0.2) is 78.9 Å². The van der Waals surface area contributed by atoms with Crippen molar-refractivity contribution in [3.05, 3.63) is 107 Å². The van der Waals surface area contributed by atoms with Gasteiger partial charge in [-0.3, -0.25) is 0 Å². The zero-order valence-corrected chi connectivity index (χ0v) is 20.2. The van der Waals surface area contributed by atoms with Crippen LogP contribution in [0.2, 0.25) is 13.1 Å². The van der Waals surface area contributed by atoms with E-state index in [1.807, 2.05) is 0 Å². The van der Waals surface area contributed by atoms with Gasteiger partial charge in [0.15, 0.2) is 0 Å². The maximum atomic E-state index is 2.57. The third-order valence-corrected chi connectivity index (χ3v) is 11.9. The maximum absolute atomic E-state index is 2.57. The second-order valence-corrected chi connectivity index (χ2v) is 14.8. The molecule has 2 heteroatoms. The summed E-state index contributed by atoms with van der Waals surface area (Å²) >= 11 is 0. The highest BCUT2D eigenvalue weighted by molar-refractivity contribution is 7.17. The minimum absolute atomic E-state index is 0.349. The Kier molecular flexibility index (Phi) is 3.16. The van der Waals surface area contributed by atoms with Gasteiger partial charge in [-0.2, -0.15) is 0 Å². The molecule has 0 fully saturated rings. The molecule has 1 nitrogen and oxygen atoms in total. The number of hydrogen-bond donors (Lipinski definition) is 0. The molecule has 33 heavy (non-hydrogen) atoms. The summed E-state index contributed by atoms with van der Waals surface area (Å²) in [7, 11) is 0.708. The van der Waals surface area contributed by atoms with Crippen molar-refractivity contribution in [1.82, 2.24) is 4.57 Å². The fourth-order valence-electron chi connectivity index (χ4n) is 7.12. The van der Waals surface area contributed by atoms with Gasteiger partial charge in [0.25, 0.3) is 0 Å². The number of fused-ring (bicyclic) bond motifs is 10. The molecule has 0 spiro atoms. The molecular weight excluding hydrogens is 414 g/mol. The first-order valence-electron chi connectivity index (χ1n) is 12.0. The van der Waals surface area contributed by atoms with E-state index >= 15 is 0 Å². The third kappa shape index (κ3) is 2.05. The van der Waals surface area contributed by atoms with Crippen molar-refractivity contribution < 1.29 is 0 Å². The lowest BCUT2D eigenvalue weighted by Gasteiger charge is -2.16. The van der Waals surface area contributed by atoms with Gasteiger partial charge in [-0.25, -0.2) is 0 Å². The second-order valence-electron chi connectivity index (χ2n) is 10.6. The third-order valence-electron chi connectivity index (χ3n) is 8.62. The Morgan fingerprint density at radius 1 is 0.727 bits per heavy atom. The minimum Gasteiger partial charge on any atom is -0.347 e. The number of nitrogens with zero attached hydrogens (tertiary/aromatic N) is 1. The normalized spacial score (nSPS) is 16.3. The van der Waals surface area contributed by atoms with E-state index in [0.29, 0.717) is 5.92 Å². The van der Waals surface area contributed by atoms with E-state index in [1.54, 1.807) is 21.3 Å². The van der Waals surface area contributed by atoms with Crippen LogP contribution in [-0.2, 0) is 13.5 Å². The van der Waals surface area contributed by atoms with Crippen LogP contribution < -0.4 is 10.4 Å². The van der Waals surface area contributed by atoms with Crippen LogP contribution in [-0.4, -0.2) is 12.6 Å². The fourth-order valence-corrected chi connectivity index (χ4v) is 10.9. The molecule has 0 unspecified atom stereocenters. The minimum atomic E-state index is -1.58. The summed E-state index contributed by atoms with van der Waals surface area (Å²) in [5.74, 6) is 0.349. The fraction of sp³-hybridized carbons (Fsp3) is 0.161. The van der Waals surface area contributed by atoms with Gasteiger partial charge in [-0.15, -0.1) is 0 Å². The van der Waals surface area contributed by atoms with Gasteiger partial charge in [0, 0.05) is 41.5 Å². The van der Waals surface area contributed by atoms with E-state index in [9.17, 15) is 0 Å². The van der Waals surface area contributed by atoms with Crippen molar-refractivity contribution in [3.63, 3.8) is 0 Å². The first kappa shape index (κ1) is 18.1. The van der Waals surface area contributed by atoms with E-state index in [1.165, 1.54) is 50.2 Å². The number of hydrogen-bond acceptors (Lipinski definition) is 0. The summed E-state index contributed by atoms with van der Waals surface area (Å²) in [4.78, 5) is 0. The number of aryl methyl sites for hydroxylation is 1. The van der Waals surface area contributed by atoms with Crippen LogP contribution in [0.3, 0.4) is 0 Å². The van der Waals surface area contributed by atoms with Crippen LogP contribution in [0.25, 0.3) is 33.2 Å². The van der Waals surface area contributed by atoms with Crippen LogP contribution in [0, 0.1) is 0 Å². The van der Waals surface area contributed by atoms with Crippen LogP contribution in [0.4, 0.5) is 0 Å². The first-order valence-corrected chi connectivity index (χ1v) is 15.0. The monoisotopic (exact) mass is 439 g/mol. The molecule has 158 valence electrons. The number of aromatic nitrogens is 1. The van der Waals surface area contributed by atoms with Gasteiger partial charge in [0.05, 0.1) is 0 Å². The molecule has 0 bridgehead atoms. The van der Waals surface area contributed by atoms with Crippen molar-refractivity contribution in [3.8, 4) is 22.3 Å². The smallest absolute Gasteiger partial charge is 0.113 e. The van der Waals surface area contributed by atoms with Crippen molar-refractivity contribution in [1.29, 1.82) is 0 Å². The molecule has 3 aliphatic rings. The van der Waals surface area contributed by atoms with Crippen molar-refractivity contribution in [2.75, 3.05) is 0 Å². The highest BCUT2D eigenvalue weighted by Crippen LogP contribution is 2.51. The Labute approximate surface area is 195 Å². The van der Waals surface area contributed by atoms with Crippen LogP contribution >= 0.6 is 0 Å². The number of rotatable bonds is 1. The predicted octanol–water partition coefficient (Wildman–Crippen LogP) is 6.05. The summed E-state index contributed by atoms with van der Waals surface area (Å²) in [6.45, 7) is 5.13. The van der Waals surface area contributed by atoms with Gasteiger partial charge in [-0.05, 0) is 50.2 Å². The standard InChI is InChI=1S/C31H25NSi/c1-32-25-16-18-10-4-5-11-19(18)28(25)29-26(32)17-24(30-31(29)33(30,2)3)27-22-14-8-6-12-20(22)21-13-7-9-15-23(21)27/h4-15,17,27H,16H2,1-3H3. The average molecular weight is 440 g/mol. The van der Waals surface area contributed by atoms with E-state index in [2.05, 4.69) is 104 Å². The topological polar surface area (TPSA) is 4.93 Å². The summed E-state index contributed by atoms with van der Waals surface area (Å²) in [5.41, 5.74) is 14.7. The molecule has 1 aliphatic heterocycles. The highest BCUT2D eigenvalue weighted by Gasteiger charge is 2.51. The Bertz CT molecular complexity index is 1640. The second kappa shape index (κ2) is 5.76. The van der Waals surface area contributed by atoms with Crippen LogP contribution in [0.1, 0.15) is 33.9 Å². The van der Waals surface area contributed by atoms with Crippen molar-refractivity contribution >= 4 is 29.4 Å². The summed E-state index contributed by atoms with van der Waals surface area (Å²) in [6.07, 6.45) is 1.05. The zero-order valence-electron chi connectivity index (χ0n) is 19.2. The Morgan fingerprint density at radius 3 is 2.03 bits per heavy atom. The highest BCUT2D eigenvalue weighted by atomic mass is 28.3. The quantitative estimate of drug-likeness (QED) is 0.275. The van der Waals surface area contributed by atoms with Crippen molar-refractivity contribution in [2.24, 2.45) is 7.05 Å². The van der Waals surface area contributed by atoms with Gasteiger partial charge >= 0.3 is 0 Å². The zero-order chi connectivity index (χ0) is 22.1. The molecule has 2 aliphatic carbocycles. The SMILES string of the molecule is Cn1c2c(c3c4c(c(C5c6ccccc6-c6ccccc65)cc31)[Si]4(C)C)-c1ccccc1C2. The lowest BCUT2D eigenvalue weighted by molar-refractivity contribution is 0.892. The summed E-state index contributed by atoms with van der Waals surface area (Å²) < 4.78 is 2.50. The van der Waals surface area contributed by atoms with Crippen molar-refractivity contribution in [2.45, 2.75) is 25.4 Å². The molecule has 0 saturated carbocycles. The Balaban J connectivity index is 1.46. The van der Waals surface area contributed by atoms with Gasteiger partial charge in [0.2, 0.25) is 0 Å². The first-order chi connectivity index (χ1) is 16.1. The molecule has 2 heterocycles. The molecular formula is C31H25NSi. The Morgan fingerprint density at radius 2 is 1.33 bits per heavy atom. The molecule has 4 aromatic carbocycles. The average Bonchev–Trinajstić information content (AvgIpc) is 3.14. The molecule has 8 rings (SSSR count). The Hall–Kier alpha value is -3.36.